The Balaban J connectivity index is 1.20. The molecule has 0 aliphatic carbocycles. The number of hydrogen-bond donors (Lipinski definition) is 1. The Kier molecular flexibility index (Phi) is 10.8. The van der Waals surface area contributed by atoms with E-state index in [0.29, 0.717) is 42.1 Å². The van der Waals surface area contributed by atoms with Gasteiger partial charge in [-0.05, 0) is 82.5 Å². The molecule has 2 amide bonds. The Morgan fingerprint density at radius 3 is 2.37 bits per heavy atom. The van der Waals surface area contributed by atoms with Crippen molar-refractivity contribution in [3.05, 3.63) is 88.2 Å². The number of rotatable bonds is 11. The summed E-state index contributed by atoms with van der Waals surface area (Å²) in [7, 11) is 0. The number of carbonyl (C=O) groups is 3. The number of nitrogens with two attached hydrogens (primary N) is 1. The van der Waals surface area contributed by atoms with Gasteiger partial charge in [0.15, 0.2) is 0 Å². The molecule has 0 radical (unpaired) electrons. The van der Waals surface area contributed by atoms with Crippen molar-refractivity contribution in [3.8, 4) is 11.8 Å². The minimum atomic E-state index is -1.08. The normalized spacial score (nSPS) is 15.5. The highest BCUT2D eigenvalue weighted by atomic mass is 32.2. The summed E-state index contributed by atoms with van der Waals surface area (Å²) in [4.78, 5) is 41.5. The van der Waals surface area contributed by atoms with E-state index >= 15 is 8.78 Å². The van der Waals surface area contributed by atoms with Crippen molar-refractivity contribution < 1.29 is 37.0 Å². The Labute approximate surface area is 287 Å². The third kappa shape index (κ3) is 8.48. The van der Waals surface area contributed by atoms with Gasteiger partial charge in [0.2, 0.25) is 5.91 Å². The van der Waals surface area contributed by atoms with Crippen LogP contribution < -0.4 is 15.4 Å². The molecule has 0 bridgehead atoms. The first-order valence-corrected chi connectivity index (χ1v) is 16.8. The van der Waals surface area contributed by atoms with Crippen LogP contribution in [0.4, 0.5) is 18.9 Å². The van der Waals surface area contributed by atoms with Gasteiger partial charge in [0.25, 0.3) is 5.91 Å². The number of fused-ring (bicyclic) bond motifs is 1. The topological polar surface area (TPSA) is 126 Å². The molecule has 1 saturated heterocycles. The molecule has 0 spiro atoms. The van der Waals surface area contributed by atoms with E-state index in [0.717, 1.165) is 0 Å². The quantitative estimate of drug-likeness (QED) is 0.234. The van der Waals surface area contributed by atoms with Gasteiger partial charge in [-0.2, -0.15) is 5.26 Å². The minimum absolute atomic E-state index is 0.0320. The highest BCUT2D eigenvalue weighted by Gasteiger charge is 2.37. The number of thioether (sulfide) groups is 1. The lowest BCUT2D eigenvalue weighted by atomic mass is 10.1. The molecule has 2 N–H and O–H groups in total. The molecular weight excluding hydrogens is 657 g/mol. The maximum atomic E-state index is 15.2. The smallest absolute Gasteiger partial charge is 0.306 e. The van der Waals surface area contributed by atoms with Crippen LogP contribution >= 0.6 is 11.8 Å². The fourth-order valence-corrected chi connectivity index (χ4v) is 7.16. The average molecular weight is 695 g/mol. The van der Waals surface area contributed by atoms with Crippen LogP contribution in [-0.4, -0.2) is 52.7 Å². The van der Waals surface area contributed by atoms with Gasteiger partial charge >= 0.3 is 5.97 Å². The summed E-state index contributed by atoms with van der Waals surface area (Å²) in [6.07, 6.45) is 1.18. The number of primary amides is 1. The second kappa shape index (κ2) is 14.8. The predicted molar refractivity (Wildman–Crippen MR) is 177 cm³/mol. The maximum Gasteiger partial charge on any atom is 0.306 e. The lowest BCUT2D eigenvalue weighted by Gasteiger charge is -2.33. The van der Waals surface area contributed by atoms with Crippen LogP contribution in [0.25, 0.3) is 0 Å². The van der Waals surface area contributed by atoms with E-state index in [1.165, 1.54) is 34.9 Å². The van der Waals surface area contributed by atoms with Gasteiger partial charge < -0.3 is 25.0 Å². The number of hydrogen-bond acceptors (Lipinski definition) is 8. The summed E-state index contributed by atoms with van der Waals surface area (Å²) in [5.74, 6) is -3.56. The number of nitriles is 1. The standard InChI is InChI=1S/C36H37F3N4O5S/c1-36(2,3)48-33(44)10-9-31(34(41)45)43-19-25-24(35(43)46)5-4-6-32(25)47-20-26-27(37)16-23(17-28(26)38)49-22-11-13-42(14-12-22)30-8-7-21(18-40)15-29(30)39/h4-8,15-17,22,31H,9-14,19-20H2,1-3H3,(H2,41,45). The lowest BCUT2D eigenvalue weighted by Crippen LogP contribution is -2.45. The Bertz CT molecular complexity index is 1780. The molecule has 3 aromatic rings. The molecule has 2 aliphatic heterocycles. The molecule has 3 aromatic carbocycles. The van der Waals surface area contributed by atoms with Crippen LogP contribution in [0.3, 0.4) is 0 Å². The lowest BCUT2D eigenvalue weighted by molar-refractivity contribution is -0.155. The molecule has 1 fully saturated rings. The van der Waals surface area contributed by atoms with Gasteiger partial charge in [-0.1, -0.05) is 6.07 Å². The molecule has 49 heavy (non-hydrogen) atoms. The van der Waals surface area contributed by atoms with E-state index in [2.05, 4.69) is 0 Å². The Morgan fingerprint density at radius 2 is 1.76 bits per heavy atom. The van der Waals surface area contributed by atoms with Crippen molar-refractivity contribution in [1.82, 2.24) is 4.90 Å². The van der Waals surface area contributed by atoms with Crippen LogP contribution in [0, 0.1) is 28.8 Å². The SMILES string of the molecule is CC(C)(C)OC(=O)CCC(C(N)=O)N1Cc2c(OCc3c(F)cc(SC4CCN(c5ccc(C#N)cc5F)CC4)cc3F)cccc2C1=O. The van der Waals surface area contributed by atoms with Crippen LogP contribution in [0.2, 0.25) is 0 Å². The zero-order valence-corrected chi connectivity index (χ0v) is 28.2. The largest absolute Gasteiger partial charge is 0.488 e. The maximum absolute atomic E-state index is 15.2. The molecule has 0 aromatic heterocycles. The number of halogens is 3. The molecule has 1 atom stereocenters. The molecule has 5 rings (SSSR count). The number of carbonyl (C=O) groups excluding carboxylic acids is 3. The number of amides is 2. The number of benzene rings is 3. The average Bonchev–Trinajstić information content (AvgIpc) is 3.36. The van der Waals surface area contributed by atoms with Crippen molar-refractivity contribution in [2.45, 2.75) is 81.4 Å². The van der Waals surface area contributed by atoms with E-state index in [1.54, 1.807) is 51.1 Å². The highest BCUT2D eigenvalue weighted by molar-refractivity contribution is 8.00. The van der Waals surface area contributed by atoms with Gasteiger partial charge in [-0.3, -0.25) is 14.4 Å². The second-order valence-electron chi connectivity index (χ2n) is 13.0. The summed E-state index contributed by atoms with van der Waals surface area (Å²) in [6.45, 7) is 5.80. The summed E-state index contributed by atoms with van der Waals surface area (Å²) >= 11 is 1.36. The molecule has 2 aliphatic rings. The summed E-state index contributed by atoms with van der Waals surface area (Å²) in [5, 5.41) is 9.05. The molecule has 2 heterocycles. The van der Waals surface area contributed by atoms with E-state index in [-0.39, 0.29) is 47.1 Å². The van der Waals surface area contributed by atoms with Crippen molar-refractivity contribution >= 4 is 35.2 Å². The number of esters is 1. The predicted octanol–water partition coefficient (Wildman–Crippen LogP) is 6.25. The fourth-order valence-electron chi connectivity index (χ4n) is 5.99. The van der Waals surface area contributed by atoms with E-state index in [1.807, 2.05) is 11.0 Å². The van der Waals surface area contributed by atoms with Gasteiger partial charge in [0, 0.05) is 40.8 Å². The van der Waals surface area contributed by atoms with Gasteiger partial charge in [-0.25, -0.2) is 13.2 Å². The Morgan fingerprint density at radius 1 is 1.06 bits per heavy atom. The monoisotopic (exact) mass is 694 g/mol. The zero-order chi connectivity index (χ0) is 35.5. The molecule has 13 heteroatoms. The number of nitrogens with zero attached hydrogens (tertiary/aromatic N) is 3. The van der Waals surface area contributed by atoms with Crippen LogP contribution in [-0.2, 0) is 27.5 Å². The third-order valence-electron chi connectivity index (χ3n) is 8.35. The molecule has 1 unspecified atom stereocenters. The molecule has 258 valence electrons. The summed E-state index contributed by atoms with van der Waals surface area (Å²) in [6, 6.07) is 12.5. The minimum Gasteiger partial charge on any atom is -0.488 e. The van der Waals surface area contributed by atoms with Crippen molar-refractivity contribution in [3.63, 3.8) is 0 Å². The highest BCUT2D eigenvalue weighted by Crippen LogP contribution is 2.36. The van der Waals surface area contributed by atoms with E-state index in [9.17, 15) is 18.8 Å². The van der Waals surface area contributed by atoms with Crippen molar-refractivity contribution in [2.75, 3.05) is 18.0 Å². The zero-order valence-electron chi connectivity index (χ0n) is 27.4. The molecule has 0 saturated carbocycles. The van der Waals surface area contributed by atoms with Gasteiger partial charge in [0.1, 0.15) is 41.5 Å². The van der Waals surface area contributed by atoms with Crippen LogP contribution in [0.15, 0.2) is 53.4 Å². The van der Waals surface area contributed by atoms with Gasteiger partial charge in [0.05, 0.1) is 29.4 Å². The van der Waals surface area contributed by atoms with Crippen LogP contribution in [0.5, 0.6) is 5.75 Å². The molecular formula is C36H37F3N4O5S. The second-order valence-corrected chi connectivity index (χ2v) is 14.4. The first-order chi connectivity index (χ1) is 23.2. The van der Waals surface area contributed by atoms with E-state index < -0.39 is 53.5 Å². The first-order valence-electron chi connectivity index (χ1n) is 15.9. The van der Waals surface area contributed by atoms with Crippen molar-refractivity contribution in [2.24, 2.45) is 5.73 Å². The van der Waals surface area contributed by atoms with Crippen molar-refractivity contribution in [1.29, 1.82) is 5.26 Å². The van der Waals surface area contributed by atoms with Gasteiger partial charge in [-0.15, -0.1) is 11.8 Å². The number of anilines is 1. The van der Waals surface area contributed by atoms with E-state index in [4.69, 9.17) is 20.5 Å². The number of piperidine rings is 1. The summed E-state index contributed by atoms with van der Waals surface area (Å²) in [5.41, 5.74) is 6.02. The Hall–Kier alpha value is -4.70. The third-order valence-corrected chi connectivity index (χ3v) is 9.66. The molecule has 9 nitrogen and oxygen atoms in total. The summed E-state index contributed by atoms with van der Waals surface area (Å²) < 4.78 is 56.1. The fraction of sp³-hybridized carbons (Fsp3) is 0.389. The first kappa shape index (κ1) is 35.6. The number of ether oxygens (including phenoxy) is 2. The van der Waals surface area contributed by atoms with Crippen LogP contribution in [0.1, 0.15) is 73.5 Å².